The molecule has 3 heterocycles. The number of thiazole rings is 2. The van der Waals surface area contributed by atoms with Gasteiger partial charge in [-0.1, -0.05) is 37.3 Å². The fourth-order valence-corrected chi connectivity index (χ4v) is 4.57. The first kappa shape index (κ1) is 21.1. The van der Waals surface area contributed by atoms with Crippen LogP contribution in [0.5, 0.6) is 0 Å². The van der Waals surface area contributed by atoms with Gasteiger partial charge in [-0.2, -0.15) is 0 Å². The number of hydrogen-bond acceptors (Lipinski definition) is 10. The molecule has 0 saturated carbocycles. The summed E-state index contributed by atoms with van der Waals surface area (Å²) in [6, 6.07) is 9.99. The summed E-state index contributed by atoms with van der Waals surface area (Å²) in [7, 11) is 1.85. The molecule has 3 aromatic heterocycles. The van der Waals surface area contributed by atoms with E-state index in [0.717, 1.165) is 20.9 Å². The van der Waals surface area contributed by atoms with Gasteiger partial charge >= 0.3 is 5.97 Å². The number of ether oxygens (including phenoxy) is 1. The van der Waals surface area contributed by atoms with Crippen LogP contribution in [0.15, 0.2) is 35.7 Å². The van der Waals surface area contributed by atoms with Gasteiger partial charge in [0.1, 0.15) is 0 Å². The summed E-state index contributed by atoms with van der Waals surface area (Å²) in [5.74, 6) is 1.11. The van der Waals surface area contributed by atoms with Crippen molar-refractivity contribution in [3.8, 4) is 0 Å². The Balaban J connectivity index is 1.60. The van der Waals surface area contributed by atoms with E-state index in [-0.39, 0.29) is 5.92 Å². The lowest BCUT2D eigenvalue weighted by atomic mass is 10.0. The highest BCUT2D eigenvalue weighted by molar-refractivity contribution is 7.22. The number of hydrogen-bond donors (Lipinski definition) is 1. The summed E-state index contributed by atoms with van der Waals surface area (Å²) in [6.45, 7) is 6.29. The number of rotatable bonds is 7. The lowest BCUT2D eigenvalue weighted by molar-refractivity contribution is 0.0520. The van der Waals surface area contributed by atoms with E-state index in [4.69, 9.17) is 4.74 Å². The number of carbonyl (C=O) groups excluding carboxylic acids is 1. The van der Waals surface area contributed by atoms with Crippen LogP contribution < -0.4 is 10.2 Å². The monoisotopic (exact) mass is 454 g/mol. The van der Waals surface area contributed by atoms with Gasteiger partial charge < -0.3 is 15.0 Å². The zero-order chi connectivity index (χ0) is 22.0. The first-order valence-electron chi connectivity index (χ1n) is 9.82. The lowest BCUT2D eigenvalue weighted by Gasteiger charge is -2.18. The molecular formula is C21H22N6O2S2. The highest BCUT2D eigenvalue weighted by Crippen LogP contribution is 2.33. The molecule has 0 unspecified atom stereocenters. The van der Waals surface area contributed by atoms with Gasteiger partial charge in [-0.3, -0.25) is 0 Å². The van der Waals surface area contributed by atoms with Crippen LogP contribution in [0, 0.1) is 0 Å². The molecule has 31 heavy (non-hydrogen) atoms. The maximum absolute atomic E-state index is 11.9. The molecule has 4 rings (SSSR count). The normalized spacial score (nSPS) is 11.1. The van der Waals surface area contributed by atoms with E-state index in [1.54, 1.807) is 23.6 Å². The Morgan fingerprint density at radius 2 is 2.03 bits per heavy atom. The van der Waals surface area contributed by atoms with Crippen LogP contribution in [-0.4, -0.2) is 39.8 Å². The van der Waals surface area contributed by atoms with E-state index >= 15 is 0 Å². The molecule has 8 nitrogen and oxygen atoms in total. The third-order valence-corrected chi connectivity index (χ3v) is 6.43. The third-order valence-electron chi connectivity index (χ3n) is 4.56. The van der Waals surface area contributed by atoms with Crippen LogP contribution >= 0.6 is 22.7 Å². The molecule has 0 aliphatic rings. The molecule has 1 aromatic carbocycles. The summed E-state index contributed by atoms with van der Waals surface area (Å²) >= 11 is 2.93. The van der Waals surface area contributed by atoms with E-state index in [2.05, 4.69) is 39.3 Å². The van der Waals surface area contributed by atoms with Crippen molar-refractivity contribution in [2.24, 2.45) is 0 Å². The zero-order valence-electron chi connectivity index (χ0n) is 17.6. The van der Waals surface area contributed by atoms with Gasteiger partial charge in [-0.05, 0) is 31.0 Å². The average molecular weight is 455 g/mol. The van der Waals surface area contributed by atoms with Gasteiger partial charge in [-0.15, -0.1) is 21.5 Å². The lowest BCUT2D eigenvalue weighted by Crippen LogP contribution is -2.14. The molecule has 1 N–H and O–H groups in total. The molecule has 0 bridgehead atoms. The van der Waals surface area contributed by atoms with Crippen molar-refractivity contribution in [2.45, 2.75) is 26.7 Å². The Morgan fingerprint density at radius 1 is 1.23 bits per heavy atom. The summed E-state index contributed by atoms with van der Waals surface area (Å²) < 4.78 is 6.13. The quantitative estimate of drug-likeness (QED) is 0.373. The van der Waals surface area contributed by atoms with Gasteiger partial charge in [-0.25, -0.2) is 14.8 Å². The molecule has 0 spiro atoms. The fraction of sp³-hybridized carbons (Fsp3) is 0.286. The number of esters is 1. The molecule has 0 aliphatic carbocycles. The Kier molecular flexibility index (Phi) is 6.10. The molecule has 0 atom stereocenters. The Morgan fingerprint density at radius 3 is 2.77 bits per heavy atom. The number of benzene rings is 1. The number of para-hydroxylation sites is 1. The molecule has 0 aliphatic heterocycles. The van der Waals surface area contributed by atoms with Gasteiger partial charge in [0.05, 0.1) is 16.8 Å². The molecule has 10 heteroatoms. The van der Waals surface area contributed by atoms with E-state index in [0.29, 0.717) is 29.1 Å². The largest absolute Gasteiger partial charge is 0.461 e. The minimum Gasteiger partial charge on any atom is -0.461 e. The van der Waals surface area contributed by atoms with Crippen molar-refractivity contribution in [1.82, 2.24) is 20.2 Å². The first-order chi connectivity index (χ1) is 15.0. The van der Waals surface area contributed by atoms with Gasteiger partial charge in [0.15, 0.2) is 27.6 Å². The second kappa shape index (κ2) is 8.94. The molecule has 0 radical (unpaired) electrons. The Bertz CT molecular complexity index is 1190. The zero-order valence-corrected chi connectivity index (χ0v) is 19.3. The average Bonchev–Trinajstić information content (AvgIpc) is 3.40. The van der Waals surface area contributed by atoms with E-state index in [1.807, 2.05) is 42.3 Å². The van der Waals surface area contributed by atoms with Crippen molar-refractivity contribution >= 4 is 60.8 Å². The van der Waals surface area contributed by atoms with Crippen LogP contribution in [0.1, 0.15) is 42.7 Å². The second-order valence-electron chi connectivity index (χ2n) is 7.07. The summed E-state index contributed by atoms with van der Waals surface area (Å²) in [4.78, 5) is 22.7. The molecule has 160 valence electrons. The SMILES string of the molecule is CCOC(=O)c1csc(N(C)c2cc(C(C)C)c(Nc3nc4ccccc4s3)nn2)n1. The van der Waals surface area contributed by atoms with Crippen LogP contribution in [0.2, 0.25) is 0 Å². The molecule has 4 aromatic rings. The van der Waals surface area contributed by atoms with Crippen molar-refractivity contribution in [3.05, 3.63) is 47.0 Å². The number of carbonyl (C=O) groups is 1. The van der Waals surface area contributed by atoms with Crippen molar-refractivity contribution in [3.63, 3.8) is 0 Å². The number of nitrogens with one attached hydrogen (secondary N) is 1. The third kappa shape index (κ3) is 4.49. The van der Waals surface area contributed by atoms with Crippen LogP contribution in [0.25, 0.3) is 10.2 Å². The second-order valence-corrected chi connectivity index (χ2v) is 8.93. The number of fused-ring (bicyclic) bond motifs is 1. The van der Waals surface area contributed by atoms with Gasteiger partial charge in [0.2, 0.25) is 0 Å². The molecule has 0 saturated heterocycles. The van der Waals surface area contributed by atoms with Crippen LogP contribution in [0.3, 0.4) is 0 Å². The number of nitrogens with zero attached hydrogens (tertiary/aromatic N) is 5. The maximum atomic E-state index is 11.9. The Hall–Kier alpha value is -3.11. The van der Waals surface area contributed by atoms with E-state index in [1.165, 1.54) is 11.3 Å². The van der Waals surface area contributed by atoms with Gasteiger partial charge in [0, 0.05) is 18.0 Å². The predicted molar refractivity (Wildman–Crippen MR) is 125 cm³/mol. The minimum absolute atomic E-state index is 0.214. The smallest absolute Gasteiger partial charge is 0.357 e. The number of aromatic nitrogens is 4. The van der Waals surface area contributed by atoms with Gasteiger partial charge in [0.25, 0.3) is 0 Å². The molecular weight excluding hydrogens is 432 g/mol. The van der Waals surface area contributed by atoms with Crippen molar-refractivity contribution < 1.29 is 9.53 Å². The Labute approximate surface area is 187 Å². The molecule has 0 fully saturated rings. The summed E-state index contributed by atoms with van der Waals surface area (Å²) in [5.41, 5.74) is 2.25. The summed E-state index contributed by atoms with van der Waals surface area (Å²) in [5, 5.41) is 15.2. The highest BCUT2D eigenvalue weighted by atomic mass is 32.1. The highest BCUT2D eigenvalue weighted by Gasteiger charge is 2.19. The van der Waals surface area contributed by atoms with Crippen molar-refractivity contribution in [2.75, 3.05) is 23.9 Å². The predicted octanol–water partition coefficient (Wildman–Crippen LogP) is 5.35. The first-order valence-corrected chi connectivity index (χ1v) is 11.5. The van der Waals surface area contributed by atoms with E-state index in [9.17, 15) is 4.79 Å². The fourth-order valence-electron chi connectivity index (χ4n) is 2.94. The van der Waals surface area contributed by atoms with Crippen LogP contribution in [0.4, 0.5) is 21.9 Å². The minimum atomic E-state index is -0.428. The summed E-state index contributed by atoms with van der Waals surface area (Å²) in [6.07, 6.45) is 0. The molecule has 0 amide bonds. The number of anilines is 4. The van der Waals surface area contributed by atoms with Crippen LogP contribution in [-0.2, 0) is 4.74 Å². The maximum Gasteiger partial charge on any atom is 0.357 e. The topological polar surface area (TPSA) is 93.1 Å². The van der Waals surface area contributed by atoms with Crippen molar-refractivity contribution in [1.29, 1.82) is 0 Å². The standard InChI is InChI=1S/C21H22N6O2S2/c1-5-29-19(28)15-11-30-21(23-15)27(4)17-10-13(12(2)3)18(26-25-17)24-20-22-14-8-6-7-9-16(14)31-20/h6-12H,5H2,1-4H3,(H,22,24,26). The van der Waals surface area contributed by atoms with E-state index < -0.39 is 5.97 Å².